The average molecular weight is 408 g/mol. The standard InChI is InChI=1S/C22H25N5OS/c1-2-27-20(18-11-13-23-14-12-18)24-25-22(27)29-19(17-9-5-3-6-10-17)21(28)26-15-7-4-8-16-26/h3,5-6,9-14,19H,2,4,7-8,15-16H2,1H3/t19-/m1/s1. The van der Waals surface area contributed by atoms with E-state index >= 15 is 0 Å². The van der Waals surface area contributed by atoms with Gasteiger partial charge in [-0.3, -0.25) is 9.78 Å². The van der Waals surface area contributed by atoms with E-state index < -0.39 is 0 Å². The van der Waals surface area contributed by atoms with Crippen LogP contribution < -0.4 is 0 Å². The number of rotatable bonds is 6. The van der Waals surface area contributed by atoms with Gasteiger partial charge in [-0.15, -0.1) is 10.2 Å². The van der Waals surface area contributed by atoms with Gasteiger partial charge in [0.15, 0.2) is 11.0 Å². The Kier molecular flexibility index (Phi) is 6.24. The minimum Gasteiger partial charge on any atom is -0.341 e. The molecule has 150 valence electrons. The molecule has 1 aliphatic rings. The first-order chi connectivity index (χ1) is 14.3. The van der Waals surface area contributed by atoms with Gasteiger partial charge in [-0.1, -0.05) is 42.1 Å². The van der Waals surface area contributed by atoms with E-state index in [2.05, 4.69) is 26.7 Å². The molecular formula is C22H25N5OS. The highest BCUT2D eigenvalue weighted by atomic mass is 32.2. The van der Waals surface area contributed by atoms with Gasteiger partial charge in [0.25, 0.3) is 0 Å². The van der Waals surface area contributed by atoms with E-state index in [1.165, 1.54) is 18.2 Å². The van der Waals surface area contributed by atoms with Crippen LogP contribution >= 0.6 is 11.8 Å². The van der Waals surface area contributed by atoms with Crippen LogP contribution in [0, 0.1) is 0 Å². The molecule has 1 aliphatic heterocycles. The van der Waals surface area contributed by atoms with Gasteiger partial charge in [0, 0.05) is 37.6 Å². The van der Waals surface area contributed by atoms with E-state index in [1.54, 1.807) is 12.4 Å². The second kappa shape index (κ2) is 9.22. The maximum Gasteiger partial charge on any atom is 0.240 e. The predicted octanol–water partition coefficient (Wildman–Crippen LogP) is 4.21. The van der Waals surface area contributed by atoms with Gasteiger partial charge < -0.3 is 9.47 Å². The lowest BCUT2D eigenvalue weighted by Crippen LogP contribution is -2.38. The quantitative estimate of drug-likeness (QED) is 0.573. The molecule has 29 heavy (non-hydrogen) atoms. The maximum absolute atomic E-state index is 13.4. The first kappa shape index (κ1) is 19.6. The number of hydrogen-bond acceptors (Lipinski definition) is 5. The molecule has 2 aromatic heterocycles. The van der Waals surface area contributed by atoms with Crippen LogP contribution in [0.1, 0.15) is 37.0 Å². The molecule has 1 fully saturated rings. The van der Waals surface area contributed by atoms with Gasteiger partial charge in [-0.05, 0) is 43.9 Å². The van der Waals surface area contributed by atoms with Crippen molar-refractivity contribution in [1.29, 1.82) is 0 Å². The highest BCUT2D eigenvalue weighted by Gasteiger charge is 2.30. The van der Waals surface area contributed by atoms with Crippen LogP contribution in [0.4, 0.5) is 0 Å². The number of hydrogen-bond donors (Lipinski definition) is 0. The fourth-order valence-corrected chi connectivity index (χ4v) is 4.83. The molecule has 0 N–H and O–H groups in total. The van der Waals surface area contributed by atoms with Gasteiger partial charge in [0.1, 0.15) is 5.25 Å². The highest BCUT2D eigenvalue weighted by Crippen LogP contribution is 2.37. The van der Waals surface area contributed by atoms with E-state index in [9.17, 15) is 4.79 Å². The third-order valence-electron chi connectivity index (χ3n) is 5.19. The van der Waals surface area contributed by atoms with E-state index in [4.69, 9.17) is 0 Å². The summed E-state index contributed by atoms with van der Waals surface area (Å²) in [5, 5.41) is 9.29. The van der Waals surface area contributed by atoms with Crippen LogP contribution in [0.5, 0.6) is 0 Å². The monoisotopic (exact) mass is 407 g/mol. The lowest BCUT2D eigenvalue weighted by atomic mass is 10.1. The molecule has 0 unspecified atom stereocenters. The van der Waals surface area contributed by atoms with Crippen LogP contribution in [0.2, 0.25) is 0 Å². The number of likely N-dealkylation sites (tertiary alicyclic amines) is 1. The molecule has 3 heterocycles. The van der Waals surface area contributed by atoms with Gasteiger partial charge in [-0.25, -0.2) is 0 Å². The Balaban J connectivity index is 1.66. The summed E-state index contributed by atoms with van der Waals surface area (Å²) < 4.78 is 2.07. The van der Waals surface area contributed by atoms with Gasteiger partial charge in [0.2, 0.25) is 5.91 Å². The Morgan fingerprint density at radius 1 is 1.03 bits per heavy atom. The molecule has 6 nitrogen and oxygen atoms in total. The van der Waals surface area contributed by atoms with Gasteiger partial charge >= 0.3 is 0 Å². The van der Waals surface area contributed by atoms with Gasteiger partial charge in [-0.2, -0.15) is 0 Å². The second-order valence-corrected chi connectivity index (χ2v) is 8.15. The summed E-state index contributed by atoms with van der Waals surface area (Å²) in [7, 11) is 0. The minimum absolute atomic E-state index is 0.164. The Hall–Kier alpha value is -2.67. The molecule has 0 aliphatic carbocycles. The Bertz CT molecular complexity index is 938. The van der Waals surface area contributed by atoms with Crippen molar-refractivity contribution in [3.63, 3.8) is 0 Å². The zero-order chi connectivity index (χ0) is 20.1. The van der Waals surface area contributed by atoms with Crippen LogP contribution in [0.15, 0.2) is 60.0 Å². The maximum atomic E-state index is 13.4. The Labute approximate surface area is 175 Å². The number of amides is 1. The summed E-state index contributed by atoms with van der Waals surface area (Å²) >= 11 is 1.49. The van der Waals surface area contributed by atoms with Gasteiger partial charge in [0.05, 0.1) is 0 Å². The number of piperidine rings is 1. The smallest absolute Gasteiger partial charge is 0.240 e. The molecule has 3 aromatic rings. The molecule has 7 heteroatoms. The SMILES string of the molecule is CCn1c(S[C@@H](C(=O)N2CCCCC2)c2ccccc2)nnc1-c1ccncc1. The topological polar surface area (TPSA) is 63.9 Å². The number of thioether (sulfide) groups is 1. The lowest BCUT2D eigenvalue weighted by Gasteiger charge is -2.30. The lowest BCUT2D eigenvalue weighted by molar-refractivity contribution is -0.131. The molecular weight excluding hydrogens is 382 g/mol. The molecule has 0 bridgehead atoms. The molecule has 0 radical (unpaired) electrons. The molecule has 1 amide bonds. The molecule has 1 aromatic carbocycles. The van der Waals surface area contributed by atoms with E-state index in [0.29, 0.717) is 0 Å². The number of carbonyl (C=O) groups is 1. The number of nitrogens with zero attached hydrogens (tertiary/aromatic N) is 5. The van der Waals surface area contributed by atoms with Crippen molar-refractivity contribution < 1.29 is 4.79 Å². The normalized spacial score (nSPS) is 15.3. The number of pyridine rings is 1. The third-order valence-corrected chi connectivity index (χ3v) is 6.41. The van der Waals surface area contributed by atoms with E-state index in [0.717, 1.165) is 54.6 Å². The summed E-state index contributed by atoms with van der Waals surface area (Å²) in [6.07, 6.45) is 6.86. The average Bonchev–Trinajstić information content (AvgIpc) is 3.21. The molecule has 4 rings (SSSR count). The number of aromatic nitrogens is 4. The van der Waals surface area contributed by atoms with Crippen molar-refractivity contribution in [3.8, 4) is 11.4 Å². The fourth-order valence-electron chi connectivity index (χ4n) is 3.65. The van der Waals surface area contributed by atoms with E-state index in [1.807, 2.05) is 47.4 Å². The highest BCUT2D eigenvalue weighted by molar-refractivity contribution is 8.00. The number of benzene rings is 1. The van der Waals surface area contributed by atoms with Crippen molar-refractivity contribution in [2.45, 2.75) is 43.1 Å². The third kappa shape index (κ3) is 4.34. The summed E-state index contributed by atoms with van der Waals surface area (Å²) in [6, 6.07) is 13.9. The second-order valence-electron chi connectivity index (χ2n) is 7.08. The van der Waals surface area contributed by atoms with Crippen LogP contribution in [-0.2, 0) is 11.3 Å². The molecule has 0 spiro atoms. The predicted molar refractivity (Wildman–Crippen MR) is 114 cm³/mol. The Morgan fingerprint density at radius 3 is 2.45 bits per heavy atom. The first-order valence-corrected chi connectivity index (χ1v) is 11.0. The van der Waals surface area contributed by atoms with Crippen molar-refractivity contribution in [3.05, 3.63) is 60.4 Å². The molecule has 0 saturated carbocycles. The van der Waals surface area contributed by atoms with Crippen molar-refractivity contribution in [2.24, 2.45) is 0 Å². The van der Waals surface area contributed by atoms with Crippen LogP contribution in [0.3, 0.4) is 0 Å². The van der Waals surface area contributed by atoms with E-state index in [-0.39, 0.29) is 11.2 Å². The summed E-state index contributed by atoms with van der Waals surface area (Å²) in [6.45, 7) is 4.48. The zero-order valence-corrected chi connectivity index (χ0v) is 17.4. The summed E-state index contributed by atoms with van der Waals surface area (Å²) in [4.78, 5) is 19.5. The number of carbonyl (C=O) groups excluding carboxylic acids is 1. The molecule has 1 saturated heterocycles. The largest absolute Gasteiger partial charge is 0.341 e. The van der Waals surface area contributed by atoms with Crippen LogP contribution in [-0.4, -0.2) is 43.6 Å². The summed E-state index contributed by atoms with van der Waals surface area (Å²) in [5.41, 5.74) is 1.98. The van der Waals surface area contributed by atoms with Crippen molar-refractivity contribution in [1.82, 2.24) is 24.6 Å². The zero-order valence-electron chi connectivity index (χ0n) is 16.6. The Morgan fingerprint density at radius 2 is 1.76 bits per heavy atom. The minimum atomic E-state index is -0.325. The van der Waals surface area contributed by atoms with Crippen molar-refractivity contribution >= 4 is 17.7 Å². The van der Waals surface area contributed by atoms with Crippen molar-refractivity contribution in [2.75, 3.05) is 13.1 Å². The fraction of sp³-hybridized carbons (Fsp3) is 0.364. The summed E-state index contributed by atoms with van der Waals surface area (Å²) in [5.74, 6) is 0.964. The molecule has 1 atom stereocenters. The first-order valence-electron chi connectivity index (χ1n) is 10.1. The van der Waals surface area contributed by atoms with Crippen LogP contribution in [0.25, 0.3) is 11.4 Å².